The van der Waals surface area contributed by atoms with Crippen molar-refractivity contribution in [1.82, 2.24) is 4.72 Å². The maximum atomic E-state index is 11.8. The van der Waals surface area contributed by atoms with Gasteiger partial charge in [-0.15, -0.1) is 0 Å². The van der Waals surface area contributed by atoms with Crippen LogP contribution in [0.3, 0.4) is 0 Å². The molecule has 1 rings (SSSR count). The molecule has 0 unspecified atom stereocenters. The molecule has 0 fully saturated rings. The van der Waals surface area contributed by atoms with Gasteiger partial charge in [0.2, 0.25) is 10.0 Å². The van der Waals surface area contributed by atoms with E-state index in [0.29, 0.717) is 0 Å². The molecule has 90 valence electrons. The van der Waals surface area contributed by atoms with Crippen LogP contribution in [0.15, 0.2) is 35.2 Å². The molecular weight excluding hydrogens is 243 g/mol. The lowest BCUT2D eigenvalue weighted by atomic mass is 10.4. The van der Waals surface area contributed by atoms with Gasteiger partial charge in [0.25, 0.3) is 0 Å². The molecule has 0 amide bonds. The average Bonchev–Trinajstić information content (AvgIpc) is 2.17. The number of alkyl halides is 3. The summed E-state index contributed by atoms with van der Waals surface area (Å²) in [6.07, 6.45) is -5.54. The molecule has 0 aromatic heterocycles. The van der Waals surface area contributed by atoms with Crippen LogP contribution in [0.1, 0.15) is 6.42 Å². The first-order chi connectivity index (χ1) is 7.31. The first-order valence-electron chi connectivity index (χ1n) is 4.43. The summed E-state index contributed by atoms with van der Waals surface area (Å²) in [7, 11) is -3.83. The second-order valence-electron chi connectivity index (χ2n) is 3.08. The van der Waals surface area contributed by atoms with Gasteiger partial charge in [0.05, 0.1) is 11.3 Å². The van der Waals surface area contributed by atoms with Crippen LogP contribution in [-0.4, -0.2) is 21.1 Å². The van der Waals surface area contributed by atoms with E-state index in [-0.39, 0.29) is 4.90 Å². The monoisotopic (exact) mass is 253 g/mol. The molecular formula is C9H10F3NO2S. The zero-order valence-electron chi connectivity index (χ0n) is 8.16. The molecule has 0 saturated heterocycles. The number of sulfonamides is 1. The summed E-state index contributed by atoms with van der Waals surface area (Å²) in [5, 5.41) is 0. The van der Waals surface area contributed by atoms with Crippen LogP contribution in [-0.2, 0) is 10.0 Å². The van der Waals surface area contributed by atoms with Crippen molar-refractivity contribution < 1.29 is 21.6 Å². The van der Waals surface area contributed by atoms with E-state index in [1.165, 1.54) is 24.3 Å². The van der Waals surface area contributed by atoms with Crippen LogP contribution in [0.5, 0.6) is 0 Å². The fourth-order valence-corrected chi connectivity index (χ4v) is 2.06. The third-order valence-electron chi connectivity index (χ3n) is 1.75. The zero-order valence-corrected chi connectivity index (χ0v) is 8.98. The van der Waals surface area contributed by atoms with E-state index in [1.807, 2.05) is 4.72 Å². The van der Waals surface area contributed by atoms with Gasteiger partial charge in [-0.25, -0.2) is 13.1 Å². The van der Waals surface area contributed by atoms with E-state index in [1.54, 1.807) is 6.07 Å². The number of rotatable bonds is 4. The molecule has 0 aliphatic rings. The number of halogens is 3. The summed E-state index contributed by atoms with van der Waals surface area (Å²) in [6.45, 7) is -0.652. The highest BCUT2D eigenvalue weighted by Gasteiger charge is 2.27. The Morgan fingerprint density at radius 1 is 1.12 bits per heavy atom. The Kier molecular flexibility index (Phi) is 3.93. The van der Waals surface area contributed by atoms with Gasteiger partial charge in [0, 0.05) is 6.54 Å². The lowest BCUT2D eigenvalue weighted by Gasteiger charge is -2.08. The molecule has 1 aromatic rings. The Morgan fingerprint density at radius 2 is 1.69 bits per heavy atom. The van der Waals surface area contributed by atoms with E-state index in [0.717, 1.165) is 0 Å². The van der Waals surface area contributed by atoms with Gasteiger partial charge >= 0.3 is 6.18 Å². The van der Waals surface area contributed by atoms with Crippen LogP contribution in [0, 0.1) is 0 Å². The Labute approximate surface area is 91.3 Å². The summed E-state index contributed by atoms with van der Waals surface area (Å²) < 4.78 is 60.2. The molecule has 0 aliphatic carbocycles. The van der Waals surface area contributed by atoms with Crippen molar-refractivity contribution in [1.29, 1.82) is 0 Å². The van der Waals surface area contributed by atoms with Gasteiger partial charge in [-0.2, -0.15) is 13.2 Å². The lowest BCUT2D eigenvalue weighted by molar-refractivity contribution is -0.132. The summed E-state index contributed by atoms with van der Waals surface area (Å²) in [4.78, 5) is -0.0443. The molecule has 16 heavy (non-hydrogen) atoms. The Balaban J connectivity index is 2.61. The molecule has 0 heterocycles. The summed E-state index contributed by atoms with van der Waals surface area (Å²) in [5.41, 5.74) is 0. The first kappa shape index (κ1) is 13.0. The topological polar surface area (TPSA) is 46.2 Å². The van der Waals surface area contributed by atoms with Gasteiger partial charge in [-0.3, -0.25) is 0 Å². The van der Waals surface area contributed by atoms with Gasteiger partial charge in [0.15, 0.2) is 0 Å². The molecule has 1 aromatic carbocycles. The number of hydrogen-bond acceptors (Lipinski definition) is 2. The van der Waals surface area contributed by atoms with E-state index in [2.05, 4.69) is 0 Å². The molecule has 0 bridgehead atoms. The van der Waals surface area contributed by atoms with Crippen molar-refractivity contribution in [3.8, 4) is 0 Å². The van der Waals surface area contributed by atoms with Crippen molar-refractivity contribution in [2.75, 3.05) is 6.54 Å². The van der Waals surface area contributed by atoms with Gasteiger partial charge in [-0.05, 0) is 12.1 Å². The predicted molar refractivity (Wildman–Crippen MR) is 52.3 cm³/mol. The molecule has 1 N–H and O–H groups in total. The molecule has 0 saturated carbocycles. The SMILES string of the molecule is O=S(=O)(NCCC(F)(F)F)c1ccccc1. The standard InChI is InChI=1S/C9H10F3NO2S/c10-9(11,12)6-7-13-16(14,15)8-4-2-1-3-5-8/h1-5,13H,6-7H2. The Hall–Kier alpha value is -1.08. The minimum atomic E-state index is -4.36. The number of nitrogens with one attached hydrogen (secondary N) is 1. The maximum absolute atomic E-state index is 11.8. The third-order valence-corrected chi connectivity index (χ3v) is 3.23. The van der Waals surface area contributed by atoms with Crippen LogP contribution in [0.25, 0.3) is 0 Å². The minimum absolute atomic E-state index is 0.0443. The van der Waals surface area contributed by atoms with E-state index in [4.69, 9.17) is 0 Å². The quantitative estimate of drug-likeness (QED) is 0.891. The largest absolute Gasteiger partial charge is 0.390 e. The number of hydrogen-bond donors (Lipinski definition) is 1. The third kappa shape index (κ3) is 4.19. The highest BCUT2D eigenvalue weighted by Crippen LogP contribution is 2.18. The Bertz CT molecular complexity index is 428. The molecule has 7 heteroatoms. The molecule has 0 aliphatic heterocycles. The zero-order chi connectivity index (χ0) is 12.2. The fraction of sp³-hybridized carbons (Fsp3) is 0.333. The molecule has 0 atom stereocenters. The van der Waals surface area contributed by atoms with Crippen molar-refractivity contribution >= 4 is 10.0 Å². The maximum Gasteiger partial charge on any atom is 0.390 e. The van der Waals surface area contributed by atoms with E-state index >= 15 is 0 Å². The fourth-order valence-electron chi connectivity index (χ4n) is 1.01. The average molecular weight is 253 g/mol. The van der Waals surface area contributed by atoms with Gasteiger partial charge in [-0.1, -0.05) is 18.2 Å². The number of benzene rings is 1. The highest BCUT2D eigenvalue weighted by molar-refractivity contribution is 7.89. The van der Waals surface area contributed by atoms with Crippen LogP contribution in [0.2, 0.25) is 0 Å². The van der Waals surface area contributed by atoms with Crippen LogP contribution >= 0.6 is 0 Å². The highest BCUT2D eigenvalue weighted by atomic mass is 32.2. The molecule has 3 nitrogen and oxygen atoms in total. The predicted octanol–water partition coefficient (Wildman–Crippen LogP) is 1.92. The summed E-state index contributed by atoms with van der Waals surface area (Å²) in [6, 6.07) is 7.25. The summed E-state index contributed by atoms with van der Waals surface area (Å²) >= 11 is 0. The van der Waals surface area contributed by atoms with Crippen molar-refractivity contribution in [3.05, 3.63) is 30.3 Å². The Morgan fingerprint density at radius 3 is 2.19 bits per heavy atom. The normalized spacial score (nSPS) is 12.7. The first-order valence-corrected chi connectivity index (χ1v) is 5.91. The van der Waals surface area contributed by atoms with Gasteiger partial charge < -0.3 is 0 Å². The van der Waals surface area contributed by atoms with Gasteiger partial charge in [0.1, 0.15) is 0 Å². The minimum Gasteiger partial charge on any atom is -0.211 e. The van der Waals surface area contributed by atoms with Crippen molar-refractivity contribution in [2.24, 2.45) is 0 Å². The van der Waals surface area contributed by atoms with E-state index in [9.17, 15) is 21.6 Å². The summed E-state index contributed by atoms with van der Waals surface area (Å²) in [5.74, 6) is 0. The molecule has 0 radical (unpaired) electrons. The second-order valence-corrected chi connectivity index (χ2v) is 4.84. The van der Waals surface area contributed by atoms with Crippen LogP contribution in [0.4, 0.5) is 13.2 Å². The van der Waals surface area contributed by atoms with Crippen molar-refractivity contribution in [3.63, 3.8) is 0 Å². The van der Waals surface area contributed by atoms with Crippen molar-refractivity contribution in [2.45, 2.75) is 17.5 Å². The smallest absolute Gasteiger partial charge is 0.211 e. The van der Waals surface area contributed by atoms with E-state index < -0.39 is 29.2 Å². The molecule has 0 spiro atoms. The lowest BCUT2D eigenvalue weighted by Crippen LogP contribution is -2.28. The second kappa shape index (κ2) is 4.84. The van der Waals surface area contributed by atoms with Crippen LogP contribution < -0.4 is 4.72 Å².